The van der Waals surface area contributed by atoms with Crippen molar-refractivity contribution in [3.8, 4) is 11.5 Å². The summed E-state index contributed by atoms with van der Waals surface area (Å²) in [5.41, 5.74) is 1.83. The summed E-state index contributed by atoms with van der Waals surface area (Å²) in [6.45, 7) is 1.20. The molecule has 2 aromatic rings. The van der Waals surface area contributed by atoms with Crippen LogP contribution in [-0.4, -0.2) is 42.4 Å². The zero-order chi connectivity index (χ0) is 19.5. The van der Waals surface area contributed by atoms with Crippen LogP contribution in [0.4, 0.5) is 5.69 Å². The molecule has 2 aromatic carbocycles. The minimum absolute atomic E-state index is 0.0219. The van der Waals surface area contributed by atoms with Gasteiger partial charge in [0.2, 0.25) is 11.8 Å². The maximum absolute atomic E-state index is 12.5. The van der Waals surface area contributed by atoms with Crippen molar-refractivity contribution in [1.82, 2.24) is 4.90 Å². The highest BCUT2D eigenvalue weighted by Gasteiger charge is 2.30. The van der Waals surface area contributed by atoms with Crippen molar-refractivity contribution < 1.29 is 23.9 Å². The second kappa shape index (κ2) is 7.72. The number of imide groups is 1. The SMILES string of the molecule is O=C(CCN1C(=O)Cc2ccccc2C1=O)Nc1ccc2c(c1)OCCCO2. The fraction of sp³-hybridized carbons (Fsp3) is 0.286. The Morgan fingerprint density at radius 1 is 1.04 bits per heavy atom. The van der Waals surface area contributed by atoms with Crippen molar-refractivity contribution in [3.63, 3.8) is 0 Å². The summed E-state index contributed by atoms with van der Waals surface area (Å²) in [6.07, 6.45) is 0.997. The van der Waals surface area contributed by atoms with Gasteiger partial charge in [0.05, 0.1) is 19.6 Å². The first-order valence-corrected chi connectivity index (χ1v) is 9.24. The monoisotopic (exact) mass is 380 g/mol. The molecule has 2 aliphatic heterocycles. The number of hydrogen-bond donors (Lipinski definition) is 1. The molecule has 0 unspecified atom stereocenters. The number of anilines is 1. The summed E-state index contributed by atoms with van der Waals surface area (Å²) < 4.78 is 11.2. The topological polar surface area (TPSA) is 84.9 Å². The van der Waals surface area contributed by atoms with Crippen molar-refractivity contribution in [1.29, 1.82) is 0 Å². The number of carbonyl (C=O) groups excluding carboxylic acids is 3. The minimum Gasteiger partial charge on any atom is -0.490 e. The smallest absolute Gasteiger partial charge is 0.260 e. The first-order valence-electron chi connectivity index (χ1n) is 9.24. The number of nitrogens with one attached hydrogen (secondary N) is 1. The van der Waals surface area contributed by atoms with Crippen LogP contribution in [0, 0.1) is 0 Å². The van der Waals surface area contributed by atoms with Crippen LogP contribution in [0.2, 0.25) is 0 Å². The molecule has 0 atom stereocenters. The number of ether oxygens (including phenoxy) is 2. The largest absolute Gasteiger partial charge is 0.490 e. The van der Waals surface area contributed by atoms with Gasteiger partial charge in [0, 0.05) is 36.7 Å². The second-order valence-electron chi connectivity index (χ2n) is 6.69. The summed E-state index contributed by atoms with van der Waals surface area (Å²) >= 11 is 0. The number of rotatable bonds is 4. The molecule has 0 saturated heterocycles. The van der Waals surface area contributed by atoms with E-state index in [2.05, 4.69) is 5.32 Å². The van der Waals surface area contributed by atoms with Crippen LogP contribution in [0.5, 0.6) is 11.5 Å². The van der Waals surface area contributed by atoms with Crippen molar-refractivity contribution in [2.24, 2.45) is 0 Å². The van der Waals surface area contributed by atoms with Gasteiger partial charge in [-0.2, -0.15) is 0 Å². The number of carbonyl (C=O) groups is 3. The van der Waals surface area contributed by atoms with Gasteiger partial charge in [-0.3, -0.25) is 19.3 Å². The molecular weight excluding hydrogens is 360 g/mol. The van der Waals surface area contributed by atoms with Gasteiger partial charge in [-0.25, -0.2) is 0 Å². The predicted molar refractivity (Wildman–Crippen MR) is 101 cm³/mol. The molecular formula is C21H20N2O5. The van der Waals surface area contributed by atoms with E-state index in [0.717, 1.165) is 16.9 Å². The average molecular weight is 380 g/mol. The molecule has 28 heavy (non-hydrogen) atoms. The van der Waals surface area contributed by atoms with Crippen molar-refractivity contribution in [3.05, 3.63) is 53.6 Å². The first kappa shape index (κ1) is 18.0. The van der Waals surface area contributed by atoms with E-state index in [-0.39, 0.29) is 37.1 Å². The average Bonchev–Trinajstić information content (AvgIpc) is 2.93. The van der Waals surface area contributed by atoms with Crippen LogP contribution < -0.4 is 14.8 Å². The van der Waals surface area contributed by atoms with Crippen LogP contribution >= 0.6 is 0 Å². The molecule has 7 nitrogen and oxygen atoms in total. The molecule has 0 spiro atoms. The molecule has 4 rings (SSSR count). The number of benzene rings is 2. The third-order valence-electron chi connectivity index (χ3n) is 4.73. The molecule has 0 fully saturated rings. The summed E-state index contributed by atoms with van der Waals surface area (Å²) in [4.78, 5) is 38.3. The molecule has 3 amide bonds. The second-order valence-corrected chi connectivity index (χ2v) is 6.69. The Morgan fingerprint density at radius 2 is 1.82 bits per heavy atom. The molecule has 1 N–H and O–H groups in total. The number of amides is 3. The molecule has 2 aliphatic rings. The summed E-state index contributed by atoms with van der Waals surface area (Å²) in [5, 5.41) is 2.78. The fourth-order valence-electron chi connectivity index (χ4n) is 3.30. The molecule has 0 aliphatic carbocycles. The number of hydrogen-bond acceptors (Lipinski definition) is 5. The van der Waals surface area contributed by atoms with E-state index in [4.69, 9.17) is 9.47 Å². The zero-order valence-corrected chi connectivity index (χ0v) is 15.3. The highest BCUT2D eigenvalue weighted by Crippen LogP contribution is 2.32. The van der Waals surface area contributed by atoms with Gasteiger partial charge in [0.25, 0.3) is 5.91 Å². The molecule has 0 aromatic heterocycles. The van der Waals surface area contributed by atoms with Gasteiger partial charge in [0.1, 0.15) is 0 Å². The lowest BCUT2D eigenvalue weighted by molar-refractivity contribution is -0.128. The van der Waals surface area contributed by atoms with E-state index in [1.165, 1.54) is 0 Å². The Hall–Kier alpha value is -3.35. The van der Waals surface area contributed by atoms with Gasteiger partial charge in [-0.05, 0) is 23.8 Å². The predicted octanol–water partition coefficient (Wildman–Crippen LogP) is 2.40. The summed E-state index contributed by atoms with van der Waals surface area (Å²) in [5.74, 6) is 0.322. The molecule has 2 heterocycles. The van der Waals surface area contributed by atoms with Crippen LogP contribution in [0.25, 0.3) is 0 Å². The third kappa shape index (κ3) is 3.69. The standard InChI is InChI=1S/C21H20N2O5/c24-19(22-15-6-7-17-18(13-15)28-11-3-10-27-17)8-9-23-20(25)12-14-4-1-2-5-16(14)21(23)26/h1-2,4-7,13H,3,8-12H2,(H,22,24). The lowest BCUT2D eigenvalue weighted by atomic mass is 9.98. The van der Waals surface area contributed by atoms with E-state index in [0.29, 0.717) is 36.0 Å². The van der Waals surface area contributed by atoms with Crippen molar-refractivity contribution in [2.45, 2.75) is 19.3 Å². The fourth-order valence-corrected chi connectivity index (χ4v) is 3.30. The highest BCUT2D eigenvalue weighted by atomic mass is 16.5. The van der Waals surface area contributed by atoms with E-state index in [9.17, 15) is 14.4 Å². The normalized spacial score (nSPS) is 15.6. The van der Waals surface area contributed by atoms with Gasteiger partial charge in [-0.15, -0.1) is 0 Å². The van der Waals surface area contributed by atoms with E-state index >= 15 is 0 Å². The van der Waals surface area contributed by atoms with Crippen LogP contribution in [0.3, 0.4) is 0 Å². The van der Waals surface area contributed by atoms with Crippen LogP contribution in [0.15, 0.2) is 42.5 Å². The van der Waals surface area contributed by atoms with Gasteiger partial charge in [-0.1, -0.05) is 18.2 Å². The molecule has 0 radical (unpaired) electrons. The Balaban J connectivity index is 1.38. The van der Waals surface area contributed by atoms with Crippen molar-refractivity contribution >= 4 is 23.4 Å². The Morgan fingerprint density at radius 3 is 2.68 bits per heavy atom. The van der Waals surface area contributed by atoms with E-state index in [1.54, 1.807) is 42.5 Å². The Bertz CT molecular complexity index is 940. The maximum atomic E-state index is 12.5. The Kier molecular flexibility index (Phi) is 4.97. The minimum atomic E-state index is -0.352. The molecule has 0 saturated carbocycles. The van der Waals surface area contributed by atoms with E-state index in [1.807, 2.05) is 0 Å². The Labute approximate surface area is 162 Å². The lowest BCUT2D eigenvalue weighted by Crippen LogP contribution is -2.43. The quantitative estimate of drug-likeness (QED) is 0.824. The number of fused-ring (bicyclic) bond motifs is 2. The molecule has 144 valence electrons. The zero-order valence-electron chi connectivity index (χ0n) is 15.3. The van der Waals surface area contributed by atoms with E-state index < -0.39 is 0 Å². The third-order valence-corrected chi connectivity index (χ3v) is 4.73. The highest BCUT2D eigenvalue weighted by molar-refractivity contribution is 6.10. The van der Waals surface area contributed by atoms with Crippen LogP contribution in [-0.2, 0) is 16.0 Å². The lowest BCUT2D eigenvalue weighted by Gasteiger charge is -2.26. The number of nitrogens with zero attached hydrogens (tertiary/aromatic N) is 1. The summed E-state index contributed by atoms with van der Waals surface area (Å²) in [6, 6.07) is 12.3. The van der Waals surface area contributed by atoms with Gasteiger partial charge in [0.15, 0.2) is 11.5 Å². The van der Waals surface area contributed by atoms with Gasteiger partial charge < -0.3 is 14.8 Å². The van der Waals surface area contributed by atoms with Gasteiger partial charge >= 0.3 is 0 Å². The van der Waals surface area contributed by atoms with Crippen LogP contribution in [0.1, 0.15) is 28.8 Å². The molecule has 7 heteroatoms. The first-order chi connectivity index (χ1) is 13.6. The van der Waals surface area contributed by atoms with Crippen molar-refractivity contribution in [2.75, 3.05) is 25.1 Å². The summed E-state index contributed by atoms with van der Waals surface area (Å²) in [7, 11) is 0. The maximum Gasteiger partial charge on any atom is 0.260 e. The molecule has 0 bridgehead atoms.